The van der Waals surface area contributed by atoms with Crippen LogP contribution >= 0.6 is 7.82 Å². The minimum Gasteiger partial charge on any atom is -0.385 e. The van der Waals surface area contributed by atoms with Crippen LogP contribution in [0, 0.1) is 0 Å². The van der Waals surface area contributed by atoms with Gasteiger partial charge >= 0.3 is 7.82 Å². The number of hydrogen-bond acceptors (Lipinski definition) is 4. The maximum absolute atomic E-state index is 11.2. The van der Waals surface area contributed by atoms with Crippen molar-refractivity contribution in [3.05, 3.63) is 29.3 Å². The van der Waals surface area contributed by atoms with Gasteiger partial charge < -0.3 is 20.8 Å². The molecule has 1 rings (SSSR count). The van der Waals surface area contributed by atoms with E-state index in [2.05, 4.69) is 25.2 Å². The third kappa shape index (κ3) is 8.84. The number of aryl methyl sites for hydroxylation is 1. The first kappa shape index (κ1) is 22.1. The smallest absolute Gasteiger partial charge is 0.385 e. The highest BCUT2D eigenvalue weighted by Crippen LogP contribution is 2.43. The number of hydrogen-bond donors (Lipinski definition) is 4. The molecule has 0 saturated carbocycles. The molecule has 0 aliphatic carbocycles. The number of benzene rings is 1. The normalized spacial score (nSPS) is 13.0. The maximum atomic E-state index is 11.2. The quantitative estimate of drug-likeness (QED) is 0.306. The van der Waals surface area contributed by atoms with Crippen molar-refractivity contribution < 1.29 is 18.9 Å². The average Bonchev–Trinajstić information content (AvgIpc) is 2.56. The standard InChI is InChI=1S/C18H33N2O4P/c1-3-5-7-9-15-13-16(20-12-8-6-4-2)10-11-17(15)18(14-19)24-25(21,22)23/h10-11,13,18,20H,3-9,12,14,19H2,1-2H3,(H2,21,22,23). The lowest BCUT2D eigenvalue weighted by molar-refractivity contribution is 0.138. The number of anilines is 1. The number of phosphoric acid groups is 1. The van der Waals surface area contributed by atoms with Gasteiger partial charge in [-0.25, -0.2) is 4.57 Å². The zero-order chi connectivity index (χ0) is 18.7. The fraction of sp³-hybridized carbons (Fsp3) is 0.667. The van der Waals surface area contributed by atoms with Crippen molar-refractivity contribution in [1.29, 1.82) is 0 Å². The van der Waals surface area contributed by atoms with Crippen LogP contribution in [-0.2, 0) is 15.5 Å². The molecule has 1 aromatic carbocycles. The van der Waals surface area contributed by atoms with Crippen molar-refractivity contribution in [1.82, 2.24) is 0 Å². The van der Waals surface area contributed by atoms with Crippen molar-refractivity contribution in [3.8, 4) is 0 Å². The second kappa shape index (κ2) is 11.7. The van der Waals surface area contributed by atoms with Gasteiger partial charge in [0.1, 0.15) is 6.10 Å². The van der Waals surface area contributed by atoms with E-state index in [-0.39, 0.29) is 6.54 Å². The molecule has 144 valence electrons. The van der Waals surface area contributed by atoms with Crippen molar-refractivity contribution in [2.45, 2.75) is 64.9 Å². The van der Waals surface area contributed by atoms with Crippen LogP contribution in [0.5, 0.6) is 0 Å². The van der Waals surface area contributed by atoms with Gasteiger partial charge in [0.05, 0.1) is 0 Å². The molecule has 5 N–H and O–H groups in total. The molecule has 0 aromatic heterocycles. The molecule has 25 heavy (non-hydrogen) atoms. The van der Waals surface area contributed by atoms with E-state index in [4.69, 9.17) is 20.0 Å². The molecule has 1 aromatic rings. The van der Waals surface area contributed by atoms with Gasteiger partial charge in [-0.1, -0.05) is 45.6 Å². The molecule has 0 amide bonds. The minimum absolute atomic E-state index is 0.0230. The van der Waals surface area contributed by atoms with Crippen LogP contribution in [0.25, 0.3) is 0 Å². The fourth-order valence-corrected chi connectivity index (χ4v) is 3.34. The van der Waals surface area contributed by atoms with E-state index in [1.165, 1.54) is 12.8 Å². The van der Waals surface area contributed by atoms with Gasteiger partial charge in [-0.3, -0.25) is 4.52 Å². The summed E-state index contributed by atoms with van der Waals surface area (Å²) in [5.41, 5.74) is 8.53. The highest BCUT2D eigenvalue weighted by molar-refractivity contribution is 7.46. The topological polar surface area (TPSA) is 105 Å². The highest BCUT2D eigenvalue weighted by Gasteiger charge is 2.24. The Balaban J connectivity index is 2.94. The van der Waals surface area contributed by atoms with Crippen LogP contribution in [0.1, 0.15) is 69.6 Å². The summed E-state index contributed by atoms with van der Waals surface area (Å²) in [5, 5.41) is 3.42. The first-order valence-electron chi connectivity index (χ1n) is 9.22. The summed E-state index contributed by atoms with van der Waals surface area (Å²) in [7, 11) is -4.59. The fourth-order valence-electron chi connectivity index (χ4n) is 2.81. The molecular formula is C18H33N2O4P. The molecule has 0 fully saturated rings. The second-order valence-corrected chi connectivity index (χ2v) is 7.52. The van der Waals surface area contributed by atoms with E-state index in [1.54, 1.807) is 0 Å². The van der Waals surface area contributed by atoms with Crippen LogP contribution in [-0.4, -0.2) is 22.9 Å². The molecule has 1 atom stereocenters. The Kier molecular flexibility index (Phi) is 10.3. The minimum atomic E-state index is -4.59. The van der Waals surface area contributed by atoms with Crippen LogP contribution in [0.4, 0.5) is 5.69 Å². The van der Waals surface area contributed by atoms with E-state index in [1.807, 2.05) is 12.1 Å². The lowest BCUT2D eigenvalue weighted by Crippen LogP contribution is -2.17. The Bertz CT molecular complexity index is 548. The predicted molar refractivity (Wildman–Crippen MR) is 103 cm³/mol. The zero-order valence-corrected chi connectivity index (χ0v) is 16.3. The Hall–Kier alpha value is -0.910. The lowest BCUT2D eigenvalue weighted by Gasteiger charge is -2.21. The van der Waals surface area contributed by atoms with Gasteiger partial charge in [-0.05, 0) is 42.5 Å². The van der Waals surface area contributed by atoms with E-state index in [0.717, 1.165) is 55.5 Å². The van der Waals surface area contributed by atoms with E-state index < -0.39 is 13.9 Å². The van der Waals surface area contributed by atoms with Crippen molar-refractivity contribution in [2.75, 3.05) is 18.4 Å². The van der Waals surface area contributed by atoms with E-state index in [9.17, 15) is 4.57 Å². The first-order chi connectivity index (χ1) is 11.9. The molecule has 0 spiro atoms. The van der Waals surface area contributed by atoms with Gasteiger partial charge in [-0.15, -0.1) is 0 Å². The average molecular weight is 372 g/mol. The third-order valence-electron chi connectivity index (χ3n) is 4.13. The van der Waals surface area contributed by atoms with Crippen molar-refractivity contribution in [2.24, 2.45) is 5.73 Å². The van der Waals surface area contributed by atoms with Crippen LogP contribution in [0.3, 0.4) is 0 Å². The van der Waals surface area contributed by atoms with Gasteiger partial charge in [0, 0.05) is 18.8 Å². The van der Waals surface area contributed by atoms with Gasteiger partial charge in [0.25, 0.3) is 0 Å². The Morgan fingerprint density at radius 3 is 2.44 bits per heavy atom. The number of rotatable bonds is 13. The summed E-state index contributed by atoms with van der Waals surface area (Å²) in [4.78, 5) is 18.3. The Labute approximate surface area is 151 Å². The Morgan fingerprint density at radius 2 is 1.84 bits per heavy atom. The summed E-state index contributed by atoms with van der Waals surface area (Å²) < 4.78 is 16.1. The molecule has 0 aliphatic heterocycles. The predicted octanol–water partition coefficient (Wildman–Crippen LogP) is 4.13. The molecule has 1 unspecified atom stereocenters. The highest BCUT2D eigenvalue weighted by atomic mass is 31.2. The number of nitrogens with two attached hydrogens (primary N) is 1. The number of nitrogens with one attached hydrogen (secondary N) is 1. The molecule has 0 heterocycles. The molecule has 6 nitrogen and oxygen atoms in total. The second-order valence-electron chi connectivity index (χ2n) is 6.32. The maximum Gasteiger partial charge on any atom is 0.470 e. The van der Waals surface area contributed by atoms with Crippen LogP contribution in [0.15, 0.2) is 18.2 Å². The lowest BCUT2D eigenvalue weighted by atomic mass is 9.96. The van der Waals surface area contributed by atoms with Gasteiger partial charge in [-0.2, -0.15) is 0 Å². The molecule has 7 heteroatoms. The molecule has 0 bridgehead atoms. The number of phosphoric ester groups is 1. The summed E-state index contributed by atoms with van der Waals surface area (Å²) in [6, 6.07) is 5.86. The van der Waals surface area contributed by atoms with Gasteiger partial charge in [0.2, 0.25) is 0 Å². The van der Waals surface area contributed by atoms with Crippen LogP contribution < -0.4 is 11.1 Å². The monoisotopic (exact) mass is 372 g/mol. The van der Waals surface area contributed by atoms with Gasteiger partial charge in [0.15, 0.2) is 0 Å². The summed E-state index contributed by atoms with van der Waals surface area (Å²) >= 11 is 0. The summed E-state index contributed by atoms with van der Waals surface area (Å²) in [5.74, 6) is 0. The van der Waals surface area contributed by atoms with E-state index in [0.29, 0.717) is 0 Å². The third-order valence-corrected chi connectivity index (χ3v) is 4.66. The van der Waals surface area contributed by atoms with Crippen molar-refractivity contribution >= 4 is 13.5 Å². The first-order valence-corrected chi connectivity index (χ1v) is 10.7. The molecule has 0 aliphatic rings. The summed E-state index contributed by atoms with van der Waals surface area (Å²) in [6.45, 7) is 5.26. The summed E-state index contributed by atoms with van der Waals surface area (Å²) in [6.07, 6.45) is 6.79. The van der Waals surface area contributed by atoms with E-state index >= 15 is 0 Å². The van der Waals surface area contributed by atoms with Crippen molar-refractivity contribution in [3.63, 3.8) is 0 Å². The number of unbranched alkanes of at least 4 members (excludes halogenated alkanes) is 4. The van der Waals surface area contributed by atoms with Crippen LogP contribution in [0.2, 0.25) is 0 Å². The SMILES string of the molecule is CCCCCNc1ccc(C(CN)OP(=O)(O)O)c(CCCCC)c1. The Morgan fingerprint density at radius 1 is 1.16 bits per heavy atom. The largest absolute Gasteiger partial charge is 0.470 e. The molecular weight excluding hydrogens is 339 g/mol. The molecule has 0 saturated heterocycles. The zero-order valence-electron chi connectivity index (χ0n) is 15.4. The molecule has 0 radical (unpaired) electrons.